The highest BCUT2D eigenvalue weighted by atomic mass is 35.5. The molecule has 3 aromatic carbocycles. The molecule has 0 unspecified atom stereocenters. The Morgan fingerprint density at radius 2 is 1.85 bits per heavy atom. The van der Waals surface area contributed by atoms with Crippen molar-refractivity contribution in [1.82, 2.24) is 10.3 Å². The first-order valence-corrected chi connectivity index (χ1v) is 10.9. The molecule has 0 radical (unpaired) electrons. The van der Waals surface area contributed by atoms with Gasteiger partial charge in [-0.2, -0.15) is 0 Å². The van der Waals surface area contributed by atoms with Crippen LogP contribution in [0.4, 0.5) is 0 Å². The van der Waals surface area contributed by atoms with Crippen molar-refractivity contribution in [3.63, 3.8) is 0 Å². The lowest BCUT2D eigenvalue weighted by atomic mass is 10.0. The summed E-state index contributed by atoms with van der Waals surface area (Å²) in [5.74, 6) is 0.245. The number of aryl methyl sites for hydroxylation is 2. The number of nitrogens with one attached hydrogen (secondary N) is 2. The minimum atomic E-state index is -0.818. The number of fused-ring (bicyclic) bond motifs is 1. The molecule has 0 saturated carbocycles. The fourth-order valence-electron chi connectivity index (χ4n) is 3.63. The summed E-state index contributed by atoms with van der Waals surface area (Å²) in [5, 5.41) is 13.3. The Morgan fingerprint density at radius 3 is 2.64 bits per heavy atom. The molecular formula is C26H23ClN2O4. The van der Waals surface area contributed by atoms with Gasteiger partial charge in [0.1, 0.15) is 17.2 Å². The average Bonchev–Trinajstić information content (AvgIpc) is 3.21. The molecule has 1 heterocycles. The molecule has 1 amide bonds. The maximum Gasteiger partial charge on any atom is 0.303 e. The van der Waals surface area contributed by atoms with Crippen molar-refractivity contribution >= 4 is 34.4 Å². The molecule has 0 fully saturated rings. The minimum Gasteiger partial charge on any atom is -0.481 e. The zero-order chi connectivity index (χ0) is 23.4. The van der Waals surface area contributed by atoms with E-state index in [0.717, 1.165) is 27.6 Å². The Kier molecular flexibility index (Phi) is 6.66. The maximum atomic E-state index is 12.7. The molecular weight excluding hydrogens is 440 g/mol. The molecule has 4 rings (SSSR count). The Balaban J connectivity index is 1.44. The Morgan fingerprint density at radius 1 is 1.03 bits per heavy atom. The highest BCUT2D eigenvalue weighted by Gasteiger charge is 2.12. The largest absolute Gasteiger partial charge is 0.481 e. The third kappa shape index (κ3) is 5.54. The van der Waals surface area contributed by atoms with E-state index in [9.17, 15) is 9.59 Å². The van der Waals surface area contributed by atoms with Gasteiger partial charge < -0.3 is 20.1 Å². The first-order chi connectivity index (χ1) is 15.9. The summed E-state index contributed by atoms with van der Waals surface area (Å²) in [5.41, 5.74) is 4.08. The van der Waals surface area contributed by atoms with Crippen LogP contribution in [-0.2, 0) is 17.8 Å². The van der Waals surface area contributed by atoms with Gasteiger partial charge in [-0.1, -0.05) is 35.9 Å². The number of ether oxygens (including phenoxy) is 1. The fourth-order valence-corrected chi connectivity index (χ4v) is 3.81. The SMILES string of the molecule is Cc1cc(Oc2ccccc2CNC(=O)c2cc3cc(Cl)ccc3[nH]2)ccc1CCC(=O)O. The van der Waals surface area contributed by atoms with Crippen molar-refractivity contribution in [3.8, 4) is 11.5 Å². The predicted molar refractivity (Wildman–Crippen MR) is 128 cm³/mol. The van der Waals surface area contributed by atoms with Crippen LogP contribution in [0.3, 0.4) is 0 Å². The quantitative estimate of drug-likeness (QED) is 0.305. The Labute approximate surface area is 196 Å². The van der Waals surface area contributed by atoms with Crippen LogP contribution in [0.2, 0.25) is 5.02 Å². The molecule has 0 aliphatic heterocycles. The number of hydrogen-bond acceptors (Lipinski definition) is 3. The third-order valence-corrected chi connectivity index (χ3v) is 5.62. The molecule has 0 saturated heterocycles. The summed E-state index contributed by atoms with van der Waals surface area (Å²) < 4.78 is 6.08. The Bertz CT molecular complexity index is 1330. The van der Waals surface area contributed by atoms with E-state index < -0.39 is 5.97 Å². The molecule has 0 aliphatic carbocycles. The second kappa shape index (κ2) is 9.79. The van der Waals surface area contributed by atoms with Crippen molar-refractivity contribution in [3.05, 3.63) is 94.1 Å². The van der Waals surface area contributed by atoms with Gasteiger partial charge in [-0.05, 0) is 66.9 Å². The van der Waals surface area contributed by atoms with Gasteiger partial charge in [0.25, 0.3) is 5.91 Å². The molecule has 1 aromatic heterocycles. The second-order valence-corrected chi connectivity index (χ2v) is 8.23. The van der Waals surface area contributed by atoms with Crippen molar-refractivity contribution in [2.24, 2.45) is 0 Å². The summed E-state index contributed by atoms with van der Waals surface area (Å²) in [6.07, 6.45) is 0.566. The number of carboxylic acids is 1. The van der Waals surface area contributed by atoms with Crippen molar-refractivity contribution in [2.75, 3.05) is 0 Å². The first kappa shape index (κ1) is 22.4. The summed E-state index contributed by atoms with van der Waals surface area (Å²) in [7, 11) is 0. The van der Waals surface area contributed by atoms with Gasteiger partial charge in [0, 0.05) is 34.5 Å². The third-order valence-electron chi connectivity index (χ3n) is 5.39. The van der Waals surface area contributed by atoms with Crippen LogP contribution in [-0.4, -0.2) is 22.0 Å². The number of hydrogen-bond donors (Lipinski definition) is 3. The van der Waals surface area contributed by atoms with Crippen molar-refractivity contribution in [1.29, 1.82) is 0 Å². The number of benzene rings is 3. The number of amides is 1. The van der Waals surface area contributed by atoms with Gasteiger partial charge in [0.15, 0.2) is 0 Å². The molecule has 0 spiro atoms. The highest BCUT2D eigenvalue weighted by molar-refractivity contribution is 6.31. The van der Waals surface area contributed by atoms with Crippen molar-refractivity contribution in [2.45, 2.75) is 26.3 Å². The molecule has 6 nitrogen and oxygen atoms in total. The zero-order valence-corrected chi connectivity index (χ0v) is 18.8. The van der Waals surface area contributed by atoms with Crippen LogP contribution < -0.4 is 10.1 Å². The molecule has 7 heteroatoms. The number of rotatable bonds is 8. The van der Waals surface area contributed by atoms with E-state index in [1.807, 2.05) is 61.5 Å². The van der Waals surface area contributed by atoms with Gasteiger partial charge in [-0.3, -0.25) is 9.59 Å². The van der Waals surface area contributed by atoms with Gasteiger partial charge in [0.05, 0.1) is 0 Å². The number of carboxylic acid groups (broad SMARTS) is 1. The van der Waals surface area contributed by atoms with Crippen molar-refractivity contribution < 1.29 is 19.4 Å². The van der Waals surface area contributed by atoms with E-state index in [0.29, 0.717) is 35.2 Å². The van der Waals surface area contributed by atoms with E-state index in [1.165, 1.54) is 0 Å². The number of halogens is 1. The number of para-hydroxylation sites is 1. The van der Waals surface area contributed by atoms with Crippen LogP contribution in [0.1, 0.15) is 33.6 Å². The average molecular weight is 463 g/mol. The monoisotopic (exact) mass is 462 g/mol. The normalized spacial score (nSPS) is 10.8. The van der Waals surface area contributed by atoms with Crippen LogP contribution in [0.5, 0.6) is 11.5 Å². The number of aromatic amines is 1. The summed E-state index contributed by atoms with van der Waals surface area (Å²) in [6.45, 7) is 2.23. The zero-order valence-electron chi connectivity index (χ0n) is 18.0. The number of aliphatic carboxylic acids is 1. The molecule has 4 aromatic rings. The van der Waals surface area contributed by atoms with Crippen LogP contribution in [0.25, 0.3) is 10.9 Å². The van der Waals surface area contributed by atoms with Gasteiger partial charge in [0.2, 0.25) is 0 Å². The summed E-state index contributed by atoms with van der Waals surface area (Å²) in [6, 6.07) is 20.3. The first-order valence-electron chi connectivity index (χ1n) is 10.5. The molecule has 0 atom stereocenters. The van der Waals surface area contributed by atoms with Gasteiger partial charge in [-0.15, -0.1) is 0 Å². The second-order valence-electron chi connectivity index (χ2n) is 7.79. The van der Waals surface area contributed by atoms with E-state index in [-0.39, 0.29) is 12.3 Å². The predicted octanol–water partition coefficient (Wildman–Crippen LogP) is 5.87. The fraction of sp³-hybridized carbons (Fsp3) is 0.154. The standard InChI is InChI=1S/C26H23ClN2O4/c1-16-12-21(9-6-17(16)7-11-25(30)31)33-24-5-3-2-4-18(24)15-28-26(32)23-14-19-13-20(27)8-10-22(19)29-23/h2-6,8-10,12-14,29H,7,11,15H2,1H3,(H,28,32)(H,30,31). The molecule has 0 bridgehead atoms. The maximum absolute atomic E-state index is 12.7. The molecule has 33 heavy (non-hydrogen) atoms. The minimum absolute atomic E-state index is 0.0903. The summed E-state index contributed by atoms with van der Waals surface area (Å²) >= 11 is 6.03. The van der Waals surface area contributed by atoms with E-state index in [1.54, 1.807) is 12.1 Å². The highest BCUT2D eigenvalue weighted by Crippen LogP contribution is 2.27. The summed E-state index contributed by atoms with van der Waals surface area (Å²) in [4.78, 5) is 26.6. The number of carbonyl (C=O) groups excluding carboxylic acids is 1. The number of H-pyrrole nitrogens is 1. The van der Waals surface area contributed by atoms with Crippen LogP contribution in [0.15, 0.2) is 66.7 Å². The van der Waals surface area contributed by atoms with Crippen LogP contribution >= 0.6 is 11.6 Å². The number of aromatic nitrogens is 1. The van der Waals surface area contributed by atoms with E-state index >= 15 is 0 Å². The Hall–Kier alpha value is -3.77. The van der Waals surface area contributed by atoms with E-state index in [4.69, 9.17) is 21.4 Å². The smallest absolute Gasteiger partial charge is 0.303 e. The lowest BCUT2D eigenvalue weighted by Gasteiger charge is -2.13. The molecule has 168 valence electrons. The lowest BCUT2D eigenvalue weighted by molar-refractivity contribution is -0.136. The van der Waals surface area contributed by atoms with Gasteiger partial charge in [-0.25, -0.2) is 0 Å². The number of carbonyl (C=O) groups is 2. The van der Waals surface area contributed by atoms with Gasteiger partial charge >= 0.3 is 5.97 Å². The molecule has 0 aliphatic rings. The lowest BCUT2D eigenvalue weighted by Crippen LogP contribution is -2.23. The van der Waals surface area contributed by atoms with Crippen LogP contribution in [0, 0.1) is 6.92 Å². The topological polar surface area (TPSA) is 91.4 Å². The van der Waals surface area contributed by atoms with E-state index in [2.05, 4.69) is 10.3 Å². The molecule has 3 N–H and O–H groups in total.